The molecule has 1 aromatic heterocycles. The van der Waals surface area contributed by atoms with E-state index in [0.717, 1.165) is 12.4 Å². The molecular weight excluding hydrogens is 224 g/mol. The number of nitrogens with one attached hydrogen (secondary N) is 1. The van der Waals surface area contributed by atoms with Gasteiger partial charge in [-0.2, -0.15) is 0 Å². The fourth-order valence-corrected chi connectivity index (χ4v) is 2.54. The van der Waals surface area contributed by atoms with Crippen LogP contribution in [-0.4, -0.2) is 40.1 Å². The lowest BCUT2D eigenvalue weighted by molar-refractivity contribution is 0.194. The summed E-state index contributed by atoms with van der Waals surface area (Å²) < 4.78 is 2.09. The van der Waals surface area contributed by atoms with Gasteiger partial charge in [-0.25, -0.2) is 4.98 Å². The number of rotatable bonds is 6. The molecule has 0 unspecified atom stereocenters. The fourth-order valence-electron chi connectivity index (χ4n) is 2.54. The maximum Gasteiger partial charge on any atom is 0.122 e. The molecule has 1 aromatic rings. The second-order valence-corrected chi connectivity index (χ2v) is 5.30. The van der Waals surface area contributed by atoms with Crippen molar-refractivity contribution in [1.29, 1.82) is 0 Å². The summed E-state index contributed by atoms with van der Waals surface area (Å²) >= 11 is 0. The van der Waals surface area contributed by atoms with Crippen molar-refractivity contribution in [2.75, 3.05) is 19.6 Å². The summed E-state index contributed by atoms with van der Waals surface area (Å²) in [6.07, 6.45) is 9.06. The maximum atomic E-state index is 4.35. The van der Waals surface area contributed by atoms with Gasteiger partial charge in [0.15, 0.2) is 0 Å². The lowest BCUT2D eigenvalue weighted by Crippen LogP contribution is -2.42. The molecule has 0 bridgehead atoms. The Hall–Kier alpha value is -0.870. The van der Waals surface area contributed by atoms with E-state index in [1.54, 1.807) is 0 Å². The Morgan fingerprint density at radius 3 is 2.78 bits per heavy atom. The van der Waals surface area contributed by atoms with Crippen molar-refractivity contribution in [1.82, 2.24) is 19.8 Å². The third kappa shape index (κ3) is 3.82. The minimum Gasteiger partial charge on any atom is -0.337 e. The predicted molar refractivity (Wildman–Crippen MR) is 74.4 cm³/mol. The summed E-state index contributed by atoms with van der Waals surface area (Å²) in [5.41, 5.74) is 0. The highest BCUT2D eigenvalue weighted by Crippen LogP contribution is 2.11. The van der Waals surface area contributed by atoms with Crippen molar-refractivity contribution in [3.63, 3.8) is 0 Å². The summed E-state index contributed by atoms with van der Waals surface area (Å²) in [6.45, 7) is 6.93. The first-order valence-electron chi connectivity index (χ1n) is 7.21. The number of likely N-dealkylation sites (tertiary alicyclic amines) is 1. The summed E-state index contributed by atoms with van der Waals surface area (Å²) in [6, 6.07) is 0.666. The number of unbranched alkanes of at least 4 members (excludes halogenated alkanes) is 1. The summed E-state index contributed by atoms with van der Waals surface area (Å²) in [5.74, 6) is 1.13. The van der Waals surface area contributed by atoms with Crippen LogP contribution in [0.3, 0.4) is 0 Å². The normalized spacial score (nSPS) is 18.3. The molecule has 4 heteroatoms. The molecule has 102 valence electrons. The molecule has 18 heavy (non-hydrogen) atoms. The molecule has 1 N–H and O–H groups in total. The zero-order valence-corrected chi connectivity index (χ0v) is 11.7. The van der Waals surface area contributed by atoms with Crippen molar-refractivity contribution in [2.45, 2.75) is 45.2 Å². The van der Waals surface area contributed by atoms with Crippen LogP contribution in [-0.2, 0) is 13.6 Å². The smallest absolute Gasteiger partial charge is 0.122 e. The third-order valence-corrected chi connectivity index (χ3v) is 3.89. The Balaban J connectivity index is 1.66. The molecule has 2 rings (SSSR count). The monoisotopic (exact) mass is 250 g/mol. The number of piperidine rings is 1. The number of nitrogens with zero attached hydrogens (tertiary/aromatic N) is 3. The molecule has 0 aliphatic carbocycles. The Bertz CT molecular complexity index is 339. The Kier molecular flexibility index (Phi) is 5.20. The van der Waals surface area contributed by atoms with Gasteiger partial charge in [0.1, 0.15) is 5.82 Å². The van der Waals surface area contributed by atoms with Crippen molar-refractivity contribution >= 4 is 0 Å². The maximum absolute atomic E-state index is 4.35. The van der Waals surface area contributed by atoms with Crippen LogP contribution in [0.4, 0.5) is 0 Å². The molecule has 0 atom stereocenters. The van der Waals surface area contributed by atoms with Gasteiger partial charge in [0.2, 0.25) is 0 Å². The van der Waals surface area contributed by atoms with Crippen LogP contribution in [0, 0.1) is 0 Å². The standard InChI is InChI=1S/C14H26N4/c1-3-4-8-18-9-5-13(6-10-18)16-12-14-15-7-11-17(14)2/h7,11,13,16H,3-6,8-10,12H2,1-2H3. The number of hydrogen-bond donors (Lipinski definition) is 1. The highest BCUT2D eigenvalue weighted by Gasteiger charge is 2.18. The van der Waals surface area contributed by atoms with Gasteiger partial charge in [-0.1, -0.05) is 13.3 Å². The quantitative estimate of drug-likeness (QED) is 0.835. The molecule has 1 fully saturated rings. The molecule has 0 spiro atoms. The van der Waals surface area contributed by atoms with Crippen LogP contribution in [0.2, 0.25) is 0 Å². The average molecular weight is 250 g/mol. The molecular formula is C14H26N4. The van der Waals surface area contributed by atoms with Gasteiger partial charge >= 0.3 is 0 Å². The minimum atomic E-state index is 0.666. The lowest BCUT2D eigenvalue weighted by Gasteiger charge is -2.32. The van der Waals surface area contributed by atoms with Crippen molar-refractivity contribution in [3.8, 4) is 0 Å². The van der Waals surface area contributed by atoms with Crippen LogP contribution >= 0.6 is 0 Å². The molecule has 1 aliphatic rings. The van der Waals surface area contributed by atoms with Crippen LogP contribution < -0.4 is 5.32 Å². The second-order valence-electron chi connectivity index (χ2n) is 5.30. The van der Waals surface area contributed by atoms with Gasteiger partial charge in [-0.05, 0) is 38.9 Å². The Morgan fingerprint density at radius 2 is 2.17 bits per heavy atom. The van der Waals surface area contributed by atoms with Crippen LogP contribution in [0.5, 0.6) is 0 Å². The molecule has 4 nitrogen and oxygen atoms in total. The topological polar surface area (TPSA) is 33.1 Å². The number of hydrogen-bond acceptors (Lipinski definition) is 3. The van der Waals surface area contributed by atoms with Crippen molar-refractivity contribution < 1.29 is 0 Å². The number of imidazole rings is 1. The highest BCUT2D eigenvalue weighted by atomic mass is 15.1. The summed E-state index contributed by atoms with van der Waals surface area (Å²) in [7, 11) is 2.05. The van der Waals surface area contributed by atoms with Gasteiger partial charge < -0.3 is 14.8 Å². The first kappa shape index (κ1) is 13.6. The Labute approximate surface area is 110 Å². The highest BCUT2D eigenvalue weighted by molar-refractivity contribution is 4.91. The van der Waals surface area contributed by atoms with E-state index in [9.17, 15) is 0 Å². The van der Waals surface area contributed by atoms with Gasteiger partial charge in [0, 0.05) is 25.5 Å². The SMILES string of the molecule is CCCCN1CCC(NCc2nccn2C)CC1. The first-order valence-corrected chi connectivity index (χ1v) is 7.21. The van der Waals surface area contributed by atoms with Crippen LogP contribution in [0.1, 0.15) is 38.4 Å². The van der Waals surface area contributed by atoms with Gasteiger partial charge in [-0.15, -0.1) is 0 Å². The van der Waals surface area contributed by atoms with Crippen LogP contribution in [0.15, 0.2) is 12.4 Å². The molecule has 1 saturated heterocycles. The fraction of sp³-hybridized carbons (Fsp3) is 0.786. The van der Waals surface area contributed by atoms with E-state index in [-0.39, 0.29) is 0 Å². The molecule has 0 saturated carbocycles. The number of aromatic nitrogens is 2. The third-order valence-electron chi connectivity index (χ3n) is 3.89. The van der Waals surface area contributed by atoms with Gasteiger partial charge in [0.25, 0.3) is 0 Å². The van der Waals surface area contributed by atoms with Gasteiger partial charge in [-0.3, -0.25) is 0 Å². The first-order chi connectivity index (χ1) is 8.79. The molecule has 0 radical (unpaired) electrons. The van der Waals surface area contributed by atoms with Gasteiger partial charge in [0.05, 0.1) is 6.54 Å². The lowest BCUT2D eigenvalue weighted by atomic mass is 10.0. The minimum absolute atomic E-state index is 0.666. The molecule has 2 heterocycles. The summed E-state index contributed by atoms with van der Waals surface area (Å²) in [4.78, 5) is 6.95. The van der Waals surface area contributed by atoms with E-state index < -0.39 is 0 Å². The van der Waals surface area contributed by atoms with Crippen molar-refractivity contribution in [3.05, 3.63) is 18.2 Å². The molecule has 0 aromatic carbocycles. The Morgan fingerprint density at radius 1 is 1.39 bits per heavy atom. The zero-order chi connectivity index (χ0) is 12.8. The van der Waals surface area contributed by atoms with E-state index in [4.69, 9.17) is 0 Å². The molecule has 1 aliphatic heterocycles. The predicted octanol–water partition coefficient (Wildman–Crippen LogP) is 1.77. The van der Waals surface area contributed by atoms with E-state index >= 15 is 0 Å². The van der Waals surface area contributed by atoms with E-state index in [2.05, 4.69) is 33.7 Å². The van der Waals surface area contributed by atoms with E-state index in [0.29, 0.717) is 6.04 Å². The zero-order valence-electron chi connectivity index (χ0n) is 11.7. The largest absolute Gasteiger partial charge is 0.337 e. The van der Waals surface area contributed by atoms with E-state index in [1.165, 1.54) is 45.3 Å². The van der Waals surface area contributed by atoms with E-state index in [1.807, 2.05) is 12.4 Å². The summed E-state index contributed by atoms with van der Waals surface area (Å²) in [5, 5.41) is 3.63. The average Bonchev–Trinajstić information content (AvgIpc) is 2.81. The van der Waals surface area contributed by atoms with Crippen molar-refractivity contribution in [2.24, 2.45) is 7.05 Å². The molecule has 0 amide bonds. The van der Waals surface area contributed by atoms with Crippen LogP contribution in [0.25, 0.3) is 0 Å². The number of aryl methyl sites for hydroxylation is 1. The second kappa shape index (κ2) is 6.90.